The van der Waals surface area contributed by atoms with Crippen LogP contribution >= 0.6 is 11.3 Å². The van der Waals surface area contributed by atoms with E-state index in [1.807, 2.05) is 11.3 Å². The van der Waals surface area contributed by atoms with Crippen molar-refractivity contribution in [2.24, 2.45) is 0 Å². The summed E-state index contributed by atoms with van der Waals surface area (Å²) in [4.78, 5) is 0. The van der Waals surface area contributed by atoms with Crippen molar-refractivity contribution in [1.29, 1.82) is 0 Å². The van der Waals surface area contributed by atoms with Gasteiger partial charge in [0.2, 0.25) is 0 Å². The first kappa shape index (κ1) is 30.2. The third-order valence-corrected chi connectivity index (χ3v) is 11.1. The van der Waals surface area contributed by atoms with Crippen LogP contribution in [0.5, 0.6) is 0 Å². The van der Waals surface area contributed by atoms with Crippen LogP contribution in [0.1, 0.15) is 11.1 Å². The fraction of sp³-hybridized carbons (Fsp3) is 0. The highest BCUT2D eigenvalue weighted by atomic mass is 32.1. The lowest BCUT2D eigenvalue weighted by Crippen LogP contribution is -1.96. The summed E-state index contributed by atoms with van der Waals surface area (Å²) >= 11 is 1.85. The van der Waals surface area contributed by atoms with E-state index < -0.39 is 0 Å². The van der Waals surface area contributed by atoms with E-state index in [-0.39, 0.29) is 0 Å². The molecule has 0 amide bonds. The lowest BCUT2D eigenvalue weighted by molar-refractivity contribution is 1.18. The second-order valence-corrected chi connectivity index (χ2v) is 14.3. The molecule has 0 spiro atoms. The van der Waals surface area contributed by atoms with E-state index in [1.54, 1.807) is 0 Å². The maximum atomic E-state index is 3.50. The molecule has 10 rings (SSSR count). The fourth-order valence-electron chi connectivity index (χ4n) is 7.49. The molecule has 10 aromatic rings. The van der Waals surface area contributed by atoms with Crippen molar-refractivity contribution in [1.82, 2.24) is 4.57 Å². The van der Waals surface area contributed by atoms with Crippen LogP contribution in [0.25, 0.3) is 81.0 Å². The van der Waals surface area contributed by atoms with Gasteiger partial charge in [-0.15, -0.1) is 11.3 Å². The number of hydrogen-bond acceptors (Lipinski definition) is 1. The maximum absolute atomic E-state index is 3.50. The highest BCUT2D eigenvalue weighted by molar-refractivity contribution is 7.25. The minimum atomic E-state index is 0.996. The molecule has 0 radical (unpaired) electrons. The average Bonchev–Trinajstić information content (AvgIpc) is 3.76. The van der Waals surface area contributed by atoms with Crippen LogP contribution in [0.15, 0.2) is 188 Å². The van der Waals surface area contributed by atoms with Crippen LogP contribution in [0.3, 0.4) is 0 Å². The van der Waals surface area contributed by atoms with Gasteiger partial charge in [0.1, 0.15) is 0 Å². The molecule has 0 bridgehead atoms. The lowest BCUT2D eigenvalue weighted by atomic mass is 9.98. The van der Waals surface area contributed by atoms with Gasteiger partial charge in [-0.25, -0.2) is 0 Å². The first-order valence-electron chi connectivity index (χ1n) is 17.6. The molecule has 0 aliphatic rings. The van der Waals surface area contributed by atoms with Gasteiger partial charge in [-0.2, -0.15) is 0 Å². The molecular formula is C50H31NS. The summed E-state index contributed by atoms with van der Waals surface area (Å²) in [6.07, 6.45) is 0. The normalized spacial score (nSPS) is 11.3. The largest absolute Gasteiger partial charge is 0.309 e. The van der Waals surface area contributed by atoms with E-state index in [9.17, 15) is 0 Å². The number of rotatable bonds is 4. The van der Waals surface area contributed by atoms with E-state index in [4.69, 9.17) is 0 Å². The number of hydrogen-bond donors (Lipinski definition) is 0. The molecule has 0 unspecified atom stereocenters. The summed E-state index contributed by atoms with van der Waals surface area (Å²) in [6.45, 7) is 0. The first-order chi connectivity index (χ1) is 25.7. The zero-order valence-corrected chi connectivity index (χ0v) is 29.1. The molecule has 52 heavy (non-hydrogen) atoms. The second kappa shape index (κ2) is 12.6. The van der Waals surface area contributed by atoms with Crippen LogP contribution in [0, 0.1) is 11.8 Å². The molecule has 8 aromatic carbocycles. The van der Waals surface area contributed by atoms with Crippen LogP contribution < -0.4 is 0 Å². The van der Waals surface area contributed by atoms with E-state index in [0.29, 0.717) is 0 Å². The first-order valence-corrected chi connectivity index (χ1v) is 18.4. The van der Waals surface area contributed by atoms with Crippen molar-refractivity contribution >= 4 is 53.3 Å². The Labute approximate surface area is 306 Å². The summed E-state index contributed by atoms with van der Waals surface area (Å²) in [5.74, 6) is 6.97. The monoisotopic (exact) mass is 677 g/mol. The smallest absolute Gasteiger partial charge is 0.0541 e. The van der Waals surface area contributed by atoms with E-state index in [1.165, 1.54) is 69.8 Å². The Kier molecular flexibility index (Phi) is 7.31. The number of thiophene rings is 1. The molecule has 1 nitrogen and oxygen atoms in total. The van der Waals surface area contributed by atoms with Gasteiger partial charge in [-0.1, -0.05) is 133 Å². The Balaban J connectivity index is 1.05. The van der Waals surface area contributed by atoms with Gasteiger partial charge in [0.25, 0.3) is 0 Å². The number of para-hydroxylation sites is 1. The van der Waals surface area contributed by atoms with Gasteiger partial charge in [-0.3, -0.25) is 0 Å². The molecule has 2 heteroatoms. The van der Waals surface area contributed by atoms with Crippen LogP contribution in [0.2, 0.25) is 0 Å². The van der Waals surface area contributed by atoms with Crippen molar-refractivity contribution in [2.45, 2.75) is 0 Å². The van der Waals surface area contributed by atoms with Gasteiger partial charge in [0, 0.05) is 47.8 Å². The summed E-state index contributed by atoms with van der Waals surface area (Å²) in [6, 6.07) is 67.6. The predicted molar refractivity (Wildman–Crippen MR) is 222 cm³/mol. The van der Waals surface area contributed by atoms with Crippen LogP contribution in [-0.2, 0) is 0 Å². The van der Waals surface area contributed by atoms with Crippen molar-refractivity contribution < 1.29 is 0 Å². The number of fused-ring (bicyclic) bond motifs is 6. The van der Waals surface area contributed by atoms with E-state index >= 15 is 0 Å². The number of benzene rings is 8. The molecule has 0 aliphatic carbocycles. The summed E-state index contributed by atoms with van der Waals surface area (Å²) in [5.41, 5.74) is 12.6. The standard InChI is InChI=1S/C50H31NS/c1-3-13-36(14-4-1)40-30-41(37-15-5-2-6-16-37)32-42(31-40)51-47-20-9-7-18-43(47)46-29-35(24-27-48(46)51)23-22-34-12-11-17-38(28-34)39-25-26-45-44-19-8-10-21-49(44)52-50(45)33-39/h1-21,24-33H. The molecule has 0 saturated carbocycles. The minimum Gasteiger partial charge on any atom is -0.309 e. The van der Waals surface area contributed by atoms with Gasteiger partial charge in [-0.05, 0) is 100 Å². The Morgan fingerprint density at radius 3 is 1.69 bits per heavy atom. The average molecular weight is 678 g/mol. The Morgan fingerprint density at radius 2 is 0.923 bits per heavy atom. The zero-order chi connectivity index (χ0) is 34.4. The van der Waals surface area contributed by atoms with Crippen LogP contribution in [-0.4, -0.2) is 4.57 Å². The molecule has 0 fully saturated rings. The Morgan fingerprint density at radius 1 is 0.327 bits per heavy atom. The highest BCUT2D eigenvalue weighted by Gasteiger charge is 2.15. The quantitative estimate of drug-likeness (QED) is 0.163. The van der Waals surface area contributed by atoms with E-state index in [0.717, 1.165) is 22.3 Å². The van der Waals surface area contributed by atoms with Gasteiger partial charge in [0.15, 0.2) is 0 Å². The maximum Gasteiger partial charge on any atom is 0.0541 e. The molecular weight excluding hydrogens is 647 g/mol. The molecule has 242 valence electrons. The third-order valence-electron chi connectivity index (χ3n) is 9.99. The Bertz CT molecular complexity index is 2950. The number of aromatic nitrogens is 1. The van der Waals surface area contributed by atoms with Crippen LogP contribution in [0.4, 0.5) is 0 Å². The van der Waals surface area contributed by atoms with Gasteiger partial charge in [0.05, 0.1) is 11.0 Å². The second-order valence-electron chi connectivity index (χ2n) is 13.2. The minimum absolute atomic E-state index is 0.996. The SMILES string of the molecule is C(#Cc1ccc2c(c1)c1ccccc1n2-c1cc(-c2ccccc2)cc(-c2ccccc2)c1)c1cccc(-c2ccc3c(c2)sc2ccccc23)c1. The molecule has 0 atom stereocenters. The van der Waals surface area contributed by atoms with Crippen molar-refractivity contribution in [3.05, 3.63) is 199 Å². The zero-order valence-electron chi connectivity index (χ0n) is 28.3. The summed E-state index contributed by atoms with van der Waals surface area (Å²) in [5, 5.41) is 5.05. The van der Waals surface area contributed by atoms with Crippen molar-refractivity contribution in [3.63, 3.8) is 0 Å². The van der Waals surface area contributed by atoms with Gasteiger partial charge >= 0.3 is 0 Å². The lowest BCUT2D eigenvalue weighted by Gasteiger charge is -2.14. The predicted octanol–water partition coefficient (Wildman–Crippen LogP) is 13.6. The van der Waals surface area contributed by atoms with Crippen molar-refractivity contribution in [2.75, 3.05) is 0 Å². The third kappa shape index (κ3) is 5.37. The number of nitrogens with zero attached hydrogens (tertiary/aromatic N) is 1. The molecule has 2 aromatic heterocycles. The highest BCUT2D eigenvalue weighted by Crippen LogP contribution is 2.38. The molecule has 0 saturated heterocycles. The van der Waals surface area contributed by atoms with E-state index in [2.05, 4.69) is 204 Å². The summed E-state index contributed by atoms with van der Waals surface area (Å²) < 4.78 is 5.04. The topological polar surface area (TPSA) is 4.93 Å². The molecule has 2 heterocycles. The molecule has 0 N–H and O–H groups in total. The fourth-order valence-corrected chi connectivity index (χ4v) is 8.64. The summed E-state index contributed by atoms with van der Waals surface area (Å²) in [7, 11) is 0. The van der Waals surface area contributed by atoms with Crippen molar-refractivity contribution in [3.8, 4) is 50.9 Å². The van der Waals surface area contributed by atoms with Gasteiger partial charge < -0.3 is 4.57 Å². The molecule has 0 aliphatic heterocycles. The Hall–Kier alpha value is -6.66.